The maximum absolute atomic E-state index is 6.52. The molecule has 6 aromatic carbocycles. The van der Waals surface area contributed by atoms with E-state index in [0.29, 0.717) is 0 Å². The minimum atomic E-state index is 0.908. The summed E-state index contributed by atoms with van der Waals surface area (Å²) in [5.74, 6) is 0. The lowest BCUT2D eigenvalue weighted by Crippen LogP contribution is -1.94. The van der Waals surface area contributed by atoms with E-state index >= 15 is 0 Å². The standard InChI is InChI=1S/C36H21NO2/c1-4-13-31-25(10-1)28-17-18-29-26-11-2-6-15-33(26)39-36(29)35(28)37(31)24-9-7-8-22(20-24)23-16-19-34-30(21-23)27-12-3-5-14-32(27)38-34/h1-21H. The first-order chi connectivity index (χ1) is 19.3. The number of furan rings is 2. The zero-order valence-electron chi connectivity index (χ0n) is 20.9. The van der Waals surface area contributed by atoms with Crippen molar-refractivity contribution in [1.82, 2.24) is 4.57 Å². The number of para-hydroxylation sites is 3. The SMILES string of the molecule is c1cc(-c2ccc3oc4ccccc4c3c2)cc(-n2c3ccccc3c3ccc4c5ccccc5oc4c32)c1. The summed E-state index contributed by atoms with van der Waals surface area (Å²) in [7, 11) is 0. The van der Waals surface area contributed by atoms with Crippen LogP contribution in [-0.2, 0) is 0 Å². The summed E-state index contributed by atoms with van der Waals surface area (Å²) in [5, 5.41) is 6.95. The molecule has 0 N–H and O–H groups in total. The summed E-state index contributed by atoms with van der Waals surface area (Å²) >= 11 is 0. The van der Waals surface area contributed by atoms with Gasteiger partial charge in [-0.25, -0.2) is 0 Å². The number of rotatable bonds is 2. The normalized spacial score (nSPS) is 12.1. The van der Waals surface area contributed by atoms with Crippen LogP contribution in [0.25, 0.3) is 82.5 Å². The van der Waals surface area contributed by atoms with Crippen LogP contribution in [0.5, 0.6) is 0 Å². The Morgan fingerprint density at radius 1 is 0.410 bits per heavy atom. The highest BCUT2D eigenvalue weighted by Crippen LogP contribution is 2.41. The van der Waals surface area contributed by atoms with Crippen molar-refractivity contribution in [3.63, 3.8) is 0 Å². The summed E-state index contributed by atoms with van der Waals surface area (Å²) in [5.41, 5.74) is 9.32. The minimum Gasteiger partial charge on any atom is -0.456 e. The molecule has 3 heteroatoms. The van der Waals surface area contributed by atoms with Crippen LogP contribution >= 0.6 is 0 Å². The first-order valence-electron chi connectivity index (χ1n) is 13.2. The van der Waals surface area contributed by atoms with Gasteiger partial charge in [0.15, 0.2) is 5.58 Å². The van der Waals surface area contributed by atoms with Crippen molar-refractivity contribution in [3.05, 3.63) is 127 Å². The molecule has 182 valence electrons. The summed E-state index contributed by atoms with van der Waals surface area (Å²) in [6.45, 7) is 0. The molecule has 0 aliphatic heterocycles. The molecule has 39 heavy (non-hydrogen) atoms. The molecular weight excluding hydrogens is 478 g/mol. The highest BCUT2D eigenvalue weighted by molar-refractivity contribution is 6.21. The Balaban J connectivity index is 1.33. The van der Waals surface area contributed by atoms with E-state index in [2.05, 4.69) is 108 Å². The van der Waals surface area contributed by atoms with Gasteiger partial charge in [0, 0.05) is 38.0 Å². The summed E-state index contributed by atoms with van der Waals surface area (Å²) in [6.07, 6.45) is 0. The van der Waals surface area contributed by atoms with Crippen molar-refractivity contribution in [1.29, 1.82) is 0 Å². The van der Waals surface area contributed by atoms with Crippen LogP contribution in [0.4, 0.5) is 0 Å². The molecule has 0 spiro atoms. The Morgan fingerprint density at radius 3 is 1.95 bits per heavy atom. The molecule has 0 aliphatic carbocycles. The number of nitrogens with zero attached hydrogens (tertiary/aromatic N) is 1. The maximum Gasteiger partial charge on any atom is 0.160 e. The average Bonchev–Trinajstić information content (AvgIpc) is 3.66. The van der Waals surface area contributed by atoms with Crippen molar-refractivity contribution in [2.24, 2.45) is 0 Å². The molecule has 9 rings (SSSR count). The lowest BCUT2D eigenvalue weighted by Gasteiger charge is -2.11. The Hall–Kier alpha value is -5.28. The fourth-order valence-electron chi connectivity index (χ4n) is 6.23. The van der Waals surface area contributed by atoms with E-state index in [1.807, 2.05) is 24.3 Å². The van der Waals surface area contributed by atoms with Crippen molar-refractivity contribution >= 4 is 65.7 Å². The molecule has 9 aromatic rings. The highest BCUT2D eigenvalue weighted by Gasteiger charge is 2.19. The molecular formula is C36H21NO2. The maximum atomic E-state index is 6.52. The molecule has 0 fully saturated rings. The topological polar surface area (TPSA) is 31.2 Å². The molecule has 0 unspecified atom stereocenters. The third-order valence-electron chi connectivity index (χ3n) is 7.99. The summed E-state index contributed by atoms with van der Waals surface area (Å²) in [4.78, 5) is 0. The molecule has 0 atom stereocenters. The first-order valence-corrected chi connectivity index (χ1v) is 13.2. The van der Waals surface area contributed by atoms with Gasteiger partial charge in [0.05, 0.1) is 11.0 Å². The molecule has 0 saturated heterocycles. The van der Waals surface area contributed by atoms with Crippen LogP contribution in [0.3, 0.4) is 0 Å². The third-order valence-corrected chi connectivity index (χ3v) is 7.99. The predicted molar refractivity (Wildman–Crippen MR) is 161 cm³/mol. The van der Waals surface area contributed by atoms with Gasteiger partial charge in [-0.1, -0.05) is 78.9 Å². The van der Waals surface area contributed by atoms with Crippen LogP contribution in [0.2, 0.25) is 0 Å². The van der Waals surface area contributed by atoms with Crippen molar-refractivity contribution in [2.45, 2.75) is 0 Å². The third kappa shape index (κ3) is 2.87. The smallest absolute Gasteiger partial charge is 0.160 e. The highest BCUT2D eigenvalue weighted by atomic mass is 16.3. The number of fused-ring (bicyclic) bond motifs is 10. The van der Waals surface area contributed by atoms with Gasteiger partial charge >= 0.3 is 0 Å². The van der Waals surface area contributed by atoms with E-state index < -0.39 is 0 Å². The number of hydrogen-bond acceptors (Lipinski definition) is 2. The number of hydrogen-bond donors (Lipinski definition) is 0. The molecule has 0 saturated carbocycles. The van der Waals surface area contributed by atoms with Gasteiger partial charge in [0.1, 0.15) is 16.7 Å². The lowest BCUT2D eigenvalue weighted by atomic mass is 10.0. The monoisotopic (exact) mass is 499 g/mol. The van der Waals surface area contributed by atoms with Gasteiger partial charge in [0.25, 0.3) is 0 Å². The molecule has 3 aromatic heterocycles. The first kappa shape index (κ1) is 20.7. The molecule has 0 radical (unpaired) electrons. The van der Waals surface area contributed by atoms with Crippen LogP contribution in [0, 0.1) is 0 Å². The van der Waals surface area contributed by atoms with Gasteiger partial charge < -0.3 is 13.4 Å². The molecule has 0 aliphatic rings. The molecule has 0 bridgehead atoms. The minimum absolute atomic E-state index is 0.908. The van der Waals surface area contributed by atoms with E-state index in [1.54, 1.807) is 0 Å². The number of benzene rings is 6. The van der Waals surface area contributed by atoms with Crippen LogP contribution in [0.1, 0.15) is 0 Å². The lowest BCUT2D eigenvalue weighted by molar-refractivity contribution is 0.669. The van der Waals surface area contributed by atoms with Gasteiger partial charge in [0.2, 0.25) is 0 Å². The second-order valence-corrected chi connectivity index (χ2v) is 10.1. The number of aromatic nitrogens is 1. The van der Waals surface area contributed by atoms with Gasteiger partial charge in [-0.2, -0.15) is 0 Å². The quantitative estimate of drug-likeness (QED) is 0.237. The van der Waals surface area contributed by atoms with Crippen LogP contribution in [0.15, 0.2) is 136 Å². The second kappa shape index (κ2) is 7.62. The zero-order chi connectivity index (χ0) is 25.5. The van der Waals surface area contributed by atoms with Crippen LogP contribution in [-0.4, -0.2) is 4.57 Å². The fourth-order valence-corrected chi connectivity index (χ4v) is 6.23. The van der Waals surface area contributed by atoms with E-state index in [-0.39, 0.29) is 0 Å². The van der Waals surface area contributed by atoms with Gasteiger partial charge in [-0.15, -0.1) is 0 Å². The summed E-state index contributed by atoms with van der Waals surface area (Å²) < 4.78 is 14.9. The largest absolute Gasteiger partial charge is 0.456 e. The predicted octanol–water partition coefficient (Wildman–Crippen LogP) is 10.2. The van der Waals surface area contributed by atoms with Crippen molar-refractivity contribution < 1.29 is 8.83 Å². The van der Waals surface area contributed by atoms with E-state index in [4.69, 9.17) is 8.83 Å². The van der Waals surface area contributed by atoms with Gasteiger partial charge in [-0.3, -0.25) is 0 Å². The zero-order valence-corrected chi connectivity index (χ0v) is 20.9. The average molecular weight is 500 g/mol. The Bertz CT molecular complexity index is 2400. The molecule has 3 nitrogen and oxygen atoms in total. The Morgan fingerprint density at radius 2 is 1.08 bits per heavy atom. The second-order valence-electron chi connectivity index (χ2n) is 10.1. The molecule has 0 amide bonds. The van der Waals surface area contributed by atoms with E-state index in [9.17, 15) is 0 Å². The summed E-state index contributed by atoms with van der Waals surface area (Å²) in [6, 6.07) is 44.8. The van der Waals surface area contributed by atoms with Crippen molar-refractivity contribution in [2.75, 3.05) is 0 Å². The van der Waals surface area contributed by atoms with Gasteiger partial charge in [-0.05, 0) is 59.7 Å². The van der Waals surface area contributed by atoms with Crippen LogP contribution < -0.4 is 0 Å². The van der Waals surface area contributed by atoms with Crippen molar-refractivity contribution in [3.8, 4) is 16.8 Å². The fraction of sp³-hybridized carbons (Fsp3) is 0. The Kier molecular flexibility index (Phi) is 4.05. The molecule has 3 heterocycles. The van der Waals surface area contributed by atoms with E-state index in [1.165, 1.54) is 10.8 Å². The van der Waals surface area contributed by atoms with E-state index in [0.717, 1.165) is 71.7 Å². The Labute approximate surface area is 223 Å².